The Hall–Kier alpha value is -0.980. The van der Waals surface area contributed by atoms with Gasteiger partial charge in [0.15, 0.2) is 5.78 Å². The first-order valence-corrected chi connectivity index (χ1v) is 6.38. The number of β-amino-alcohol motifs (C(OH)–C–C–N with tert-alkyl or cyclic N) is 1. The monoisotopic (exact) mass is 258 g/mol. The van der Waals surface area contributed by atoms with Crippen LogP contribution in [0.25, 0.3) is 0 Å². The van der Waals surface area contributed by atoms with E-state index in [4.69, 9.17) is 9.84 Å². The van der Waals surface area contributed by atoms with Crippen molar-refractivity contribution >= 4 is 11.8 Å². The Morgan fingerprint density at radius 3 is 2.33 bits per heavy atom. The van der Waals surface area contributed by atoms with E-state index in [0.717, 1.165) is 26.2 Å². The molecule has 0 bridgehead atoms. The minimum Gasteiger partial charge on any atom is -0.466 e. The molecule has 1 saturated heterocycles. The van der Waals surface area contributed by atoms with Gasteiger partial charge in [0.2, 0.25) is 0 Å². The fourth-order valence-corrected chi connectivity index (χ4v) is 1.99. The molecule has 0 unspecified atom stereocenters. The maximum absolute atomic E-state index is 11.6. The SMILES string of the molecule is CCOC(=O)CC(=O)CN1CCN(CCO)CC1. The lowest BCUT2D eigenvalue weighted by molar-refractivity contribution is -0.145. The number of rotatable bonds is 7. The van der Waals surface area contributed by atoms with Gasteiger partial charge in [-0.05, 0) is 6.92 Å². The molecule has 1 N–H and O–H groups in total. The summed E-state index contributed by atoms with van der Waals surface area (Å²) in [7, 11) is 0. The second-order valence-electron chi connectivity index (χ2n) is 4.36. The maximum Gasteiger partial charge on any atom is 0.313 e. The fourth-order valence-electron chi connectivity index (χ4n) is 1.99. The normalized spacial score (nSPS) is 17.7. The summed E-state index contributed by atoms with van der Waals surface area (Å²) in [6, 6.07) is 0. The van der Waals surface area contributed by atoms with Crippen molar-refractivity contribution < 1.29 is 19.4 Å². The molecule has 18 heavy (non-hydrogen) atoms. The number of ether oxygens (including phenoxy) is 1. The molecular weight excluding hydrogens is 236 g/mol. The number of nitrogens with zero attached hydrogens (tertiary/aromatic N) is 2. The molecule has 0 saturated carbocycles. The molecule has 0 atom stereocenters. The van der Waals surface area contributed by atoms with Crippen LogP contribution in [-0.2, 0) is 14.3 Å². The number of aliphatic hydroxyl groups is 1. The molecule has 0 aromatic carbocycles. The highest BCUT2D eigenvalue weighted by atomic mass is 16.5. The van der Waals surface area contributed by atoms with E-state index in [1.807, 2.05) is 4.90 Å². The van der Waals surface area contributed by atoms with Gasteiger partial charge in [-0.15, -0.1) is 0 Å². The van der Waals surface area contributed by atoms with Crippen molar-refractivity contribution in [2.24, 2.45) is 0 Å². The van der Waals surface area contributed by atoms with Crippen molar-refractivity contribution in [2.75, 3.05) is 52.5 Å². The van der Waals surface area contributed by atoms with Crippen LogP contribution in [0.1, 0.15) is 13.3 Å². The van der Waals surface area contributed by atoms with Gasteiger partial charge in [0.1, 0.15) is 6.42 Å². The minimum absolute atomic E-state index is 0.0935. The molecular formula is C12H22N2O4. The average molecular weight is 258 g/mol. The van der Waals surface area contributed by atoms with Crippen molar-refractivity contribution in [1.82, 2.24) is 9.80 Å². The predicted octanol–water partition coefficient (Wildman–Crippen LogP) is -0.881. The number of piperazine rings is 1. The quantitative estimate of drug-likeness (QED) is 0.472. The zero-order valence-corrected chi connectivity index (χ0v) is 10.9. The van der Waals surface area contributed by atoms with E-state index in [-0.39, 0.29) is 18.8 Å². The molecule has 1 aliphatic heterocycles. The highest BCUT2D eigenvalue weighted by Gasteiger charge is 2.19. The Labute approximate surface area is 107 Å². The molecule has 6 heteroatoms. The van der Waals surface area contributed by atoms with Crippen LogP contribution in [0.5, 0.6) is 0 Å². The number of carbonyl (C=O) groups excluding carboxylic acids is 2. The summed E-state index contributed by atoms with van der Waals surface area (Å²) >= 11 is 0. The van der Waals surface area contributed by atoms with Gasteiger partial charge in [0, 0.05) is 32.7 Å². The van der Waals surface area contributed by atoms with Crippen molar-refractivity contribution in [3.63, 3.8) is 0 Å². The third-order valence-corrected chi connectivity index (χ3v) is 2.93. The molecule has 1 rings (SSSR count). The summed E-state index contributed by atoms with van der Waals surface area (Å²) in [5, 5.41) is 8.82. The van der Waals surface area contributed by atoms with Crippen LogP contribution in [0.15, 0.2) is 0 Å². The molecule has 0 aromatic heterocycles. The van der Waals surface area contributed by atoms with E-state index in [0.29, 0.717) is 19.7 Å². The number of carbonyl (C=O) groups is 2. The Kier molecular flexibility index (Phi) is 6.85. The molecule has 1 fully saturated rings. The number of aliphatic hydroxyl groups excluding tert-OH is 1. The van der Waals surface area contributed by atoms with Gasteiger partial charge in [-0.25, -0.2) is 0 Å². The number of hydrogen-bond donors (Lipinski definition) is 1. The van der Waals surface area contributed by atoms with E-state index in [1.165, 1.54) is 0 Å². The van der Waals surface area contributed by atoms with Crippen LogP contribution in [0, 0.1) is 0 Å². The molecule has 0 aliphatic carbocycles. The lowest BCUT2D eigenvalue weighted by Crippen LogP contribution is -2.48. The zero-order chi connectivity index (χ0) is 13.4. The summed E-state index contributed by atoms with van der Waals surface area (Å²) in [4.78, 5) is 26.9. The molecule has 0 spiro atoms. The third kappa shape index (κ3) is 5.57. The maximum atomic E-state index is 11.6. The Bertz CT molecular complexity index is 275. The smallest absolute Gasteiger partial charge is 0.313 e. The van der Waals surface area contributed by atoms with Crippen molar-refractivity contribution in [1.29, 1.82) is 0 Å². The second-order valence-corrected chi connectivity index (χ2v) is 4.36. The number of ketones is 1. The molecule has 1 heterocycles. The summed E-state index contributed by atoms with van der Waals surface area (Å²) in [5.41, 5.74) is 0. The number of esters is 1. The molecule has 104 valence electrons. The van der Waals surface area contributed by atoms with Gasteiger partial charge in [0.05, 0.1) is 19.8 Å². The van der Waals surface area contributed by atoms with Crippen LogP contribution in [0.2, 0.25) is 0 Å². The standard InChI is InChI=1S/C12H22N2O4/c1-2-18-12(17)9-11(16)10-14-5-3-13(4-6-14)7-8-15/h15H,2-10H2,1H3. The highest BCUT2D eigenvalue weighted by Crippen LogP contribution is 2.02. The predicted molar refractivity (Wildman–Crippen MR) is 66.2 cm³/mol. The van der Waals surface area contributed by atoms with Crippen molar-refractivity contribution in [2.45, 2.75) is 13.3 Å². The van der Waals surface area contributed by atoms with Gasteiger partial charge in [-0.3, -0.25) is 19.4 Å². The van der Waals surface area contributed by atoms with Gasteiger partial charge in [-0.2, -0.15) is 0 Å². The Morgan fingerprint density at radius 1 is 1.17 bits per heavy atom. The lowest BCUT2D eigenvalue weighted by Gasteiger charge is -2.33. The molecule has 1 aliphatic rings. The van der Waals surface area contributed by atoms with Crippen LogP contribution in [-0.4, -0.2) is 79.1 Å². The molecule has 0 radical (unpaired) electrons. The fraction of sp³-hybridized carbons (Fsp3) is 0.833. The van der Waals surface area contributed by atoms with E-state index in [1.54, 1.807) is 6.92 Å². The average Bonchev–Trinajstić information content (AvgIpc) is 2.32. The molecule has 6 nitrogen and oxygen atoms in total. The molecule has 0 aromatic rings. The van der Waals surface area contributed by atoms with Gasteiger partial charge < -0.3 is 9.84 Å². The zero-order valence-electron chi connectivity index (χ0n) is 10.9. The Morgan fingerprint density at radius 2 is 1.78 bits per heavy atom. The first kappa shape index (κ1) is 15.1. The van der Waals surface area contributed by atoms with Crippen LogP contribution in [0.3, 0.4) is 0 Å². The topological polar surface area (TPSA) is 70.1 Å². The van der Waals surface area contributed by atoms with Crippen molar-refractivity contribution in [3.8, 4) is 0 Å². The highest BCUT2D eigenvalue weighted by molar-refractivity contribution is 5.96. The van der Waals surface area contributed by atoms with Crippen LogP contribution >= 0.6 is 0 Å². The van der Waals surface area contributed by atoms with Crippen LogP contribution in [0.4, 0.5) is 0 Å². The van der Waals surface area contributed by atoms with Gasteiger partial charge in [0.25, 0.3) is 0 Å². The summed E-state index contributed by atoms with van der Waals surface area (Å²) in [6.45, 7) is 6.51. The number of Topliss-reactive ketones (excluding diaryl/α,β-unsaturated/α-hetero) is 1. The first-order valence-electron chi connectivity index (χ1n) is 6.38. The van der Waals surface area contributed by atoms with E-state index >= 15 is 0 Å². The first-order chi connectivity index (χ1) is 8.65. The molecule has 0 amide bonds. The summed E-state index contributed by atoms with van der Waals surface area (Å²) in [5.74, 6) is -0.537. The van der Waals surface area contributed by atoms with Crippen LogP contribution < -0.4 is 0 Å². The summed E-state index contributed by atoms with van der Waals surface area (Å²) < 4.78 is 4.74. The van der Waals surface area contributed by atoms with Gasteiger partial charge >= 0.3 is 5.97 Å². The van der Waals surface area contributed by atoms with Crippen molar-refractivity contribution in [3.05, 3.63) is 0 Å². The van der Waals surface area contributed by atoms with E-state index in [2.05, 4.69) is 4.90 Å². The van der Waals surface area contributed by atoms with E-state index in [9.17, 15) is 9.59 Å². The lowest BCUT2D eigenvalue weighted by atomic mass is 10.2. The summed E-state index contributed by atoms with van der Waals surface area (Å²) in [6.07, 6.45) is -0.134. The van der Waals surface area contributed by atoms with Gasteiger partial charge in [-0.1, -0.05) is 0 Å². The van der Waals surface area contributed by atoms with E-state index < -0.39 is 5.97 Å². The number of hydrogen-bond acceptors (Lipinski definition) is 6. The largest absolute Gasteiger partial charge is 0.466 e. The third-order valence-electron chi connectivity index (χ3n) is 2.93. The second kappa shape index (κ2) is 8.18. The minimum atomic E-state index is -0.443. The Balaban J connectivity index is 2.20.